The molecule has 2 heterocycles. The lowest BCUT2D eigenvalue weighted by molar-refractivity contribution is -0.119. The predicted octanol–water partition coefficient (Wildman–Crippen LogP) is 3.70. The van der Waals surface area contributed by atoms with Gasteiger partial charge in [-0.1, -0.05) is 54.6 Å². The predicted molar refractivity (Wildman–Crippen MR) is 125 cm³/mol. The number of carbonyl (C=O) groups excluding carboxylic acids is 2. The number of nitrogens with zero attached hydrogens (tertiary/aromatic N) is 3. The minimum absolute atomic E-state index is 0.0381. The first kappa shape index (κ1) is 22.0. The van der Waals surface area contributed by atoms with E-state index in [1.807, 2.05) is 48.5 Å². The summed E-state index contributed by atoms with van der Waals surface area (Å²) in [5.41, 5.74) is 1.04. The van der Waals surface area contributed by atoms with E-state index in [2.05, 4.69) is 16.9 Å². The van der Waals surface area contributed by atoms with Crippen molar-refractivity contribution in [3.63, 3.8) is 0 Å². The van der Waals surface area contributed by atoms with Gasteiger partial charge in [-0.2, -0.15) is 0 Å². The monoisotopic (exact) mass is 444 g/mol. The van der Waals surface area contributed by atoms with Crippen molar-refractivity contribution in [2.45, 2.75) is 25.5 Å². The molecule has 3 aromatic rings. The van der Waals surface area contributed by atoms with Crippen LogP contribution in [0.4, 0.5) is 16.2 Å². The van der Waals surface area contributed by atoms with Gasteiger partial charge in [-0.05, 0) is 24.1 Å². The summed E-state index contributed by atoms with van der Waals surface area (Å²) in [5, 5.41) is 2.84. The van der Waals surface area contributed by atoms with Crippen molar-refractivity contribution in [3.05, 3.63) is 101 Å². The number of ether oxygens (including phenoxy) is 1. The van der Waals surface area contributed by atoms with Gasteiger partial charge in [0.1, 0.15) is 24.2 Å². The lowest BCUT2D eigenvalue weighted by Crippen LogP contribution is -2.39. The van der Waals surface area contributed by atoms with Crippen molar-refractivity contribution in [3.8, 4) is 0 Å². The first-order chi connectivity index (χ1) is 16.1. The molecule has 0 bridgehead atoms. The Morgan fingerprint density at radius 1 is 1.15 bits per heavy atom. The van der Waals surface area contributed by atoms with E-state index < -0.39 is 17.7 Å². The Hall–Kier alpha value is -4.20. The zero-order valence-corrected chi connectivity index (χ0v) is 18.0. The summed E-state index contributed by atoms with van der Waals surface area (Å²) >= 11 is 0. The van der Waals surface area contributed by atoms with Crippen molar-refractivity contribution in [2.24, 2.45) is 0 Å². The number of amides is 2. The molecule has 8 nitrogen and oxygen atoms in total. The zero-order valence-electron chi connectivity index (χ0n) is 18.0. The van der Waals surface area contributed by atoms with Crippen molar-refractivity contribution in [2.75, 3.05) is 16.8 Å². The Morgan fingerprint density at radius 2 is 1.85 bits per heavy atom. The van der Waals surface area contributed by atoms with E-state index >= 15 is 0 Å². The molecule has 0 radical (unpaired) electrons. The fourth-order valence-corrected chi connectivity index (χ4v) is 3.77. The van der Waals surface area contributed by atoms with Gasteiger partial charge in [-0.3, -0.25) is 19.1 Å². The van der Waals surface area contributed by atoms with E-state index in [1.54, 1.807) is 12.1 Å². The van der Waals surface area contributed by atoms with Gasteiger partial charge in [0.15, 0.2) is 0 Å². The van der Waals surface area contributed by atoms with E-state index in [0.717, 1.165) is 5.56 Å². The topological polar surface area (TPSA) is 93.5 Å². The van der Waals surface area contributed by atoms with Crippen LogP contribution in [0, 0.1) is 0 Å². The molecule has 0 saturated carbocycles. The molecule has 0 saturated heterocycles. The summed E-state index contributed by atoms with van der Waals surface area (Å²) in [6.45, 7) is 3.80. The number of carbonyl (C=O) groups is 2. The van der Waals surface area contributed by atoms with Crippen LogP contribution in [0.2, 0.25) is 0 Å². The number of aromatic nitrogens is 2. The maximum Gasteiger partial charge on any atom is 0.415 e. The van der Waals surface area contributed by atoms with Crippen molar-refractivity contribution in [1.29, 1.82) is 0 Å². The number of hydrogen-bond acceptors (Lipinski definition) is 5. The van der Waals surface area contributed by atoms with Crippen LogP contribution in [0.5, 0.6) is 0 Å². The molecule has 4 rings (SSSR count). The summed E-state index contributed by atoms with van der Waals surface area (Å²) in [4.78, 5) is 44.7. The smallest absolute Gasteiger partial charge is 0.415 e. The number of benzene rings is 2. The van der Waals surface area contributed by atoms with Gasteiger partial charge in [0.2, 0.25) is 5.91 Å². The minimum atomic E-state index is -0.717. The van der Waals surface area contributed by atoms with Crippen LogP contribution in [0.15, 0.2) is 84.3 Å². The molecule has 2 amide bonds. The molecule has 8 heteroatoms. The van der Waals surface area contributed by atoms with Crippen molar-refractivity contribution >= 4 is 23.4 Å². The first-order valence-corrected chi connectivity index (χ1v) is 10.6. The fourth-order valence-electron chi connectivity index (χ4n) is 3.77. The molecule has 2 aromatic carbocycles. The average molecular weight is 444 g/mol. The van der Waals surface area contributed by atoms with Crippen LogP contribution in [-0.4, -0.2) is 28.1 Å². The van der Waals surface area contributed by atoms with E-state index in [0.29, 0.717) is 24.4 Å². The number of para-hydroxylation sites is 1. The van der Waals surface area contributed by atoms with Gasteiger partial charge in [-0.15, -0.1) is 6.58 Å². The van der Waals surface area contributed by atoms with Crippen molar-refractivity contribution < 1.29 is 14.3 Å². The molecule has 33 heavy (non-hydrogen) atoms. The largest absolute Gasteiger partial charge is 0.444 e. The van der Waals surface area contributed by atoms with Crippen LogP contribution in [-0.2, 0) is 22.6 Å². The molecule has 0 aliphatic carbocycles. The Labute approximate surface area is 191 Å². The normalized spacial score (nSPS) is 14.2. The van der Waals surface area contributed by atoms with Crippen LogP contribution in [0.3, 0.4) is 0 Å². The van der Waals surface area contributed by atoms with E-state index in [-0.39, 0.29) is 24.7 Å². The highest BCUT2D eigenvalue weighted by Gasteiger charge is 2.33. The molecule has 1 aromatic heterocycles. The van der Waals surface area contributed by atoms with Crippen LogP contribution >= 0.6 is 0 Å². The number of fused-ring (bicyclic) bond motifs is 1. The van der Waals surface area contributed by atoms with Gasteiger partial charge in [0.25, 0.3) is 5.56 Å². The third kappa shape index (κ3) is 4.85. The number of nitrogens with one attached hydrogen (secondary N) is 1. The highest BCUT2D eigenvalue weighted by Crippen LogP contribution is 2.25. The number of anilines is 2. The van der Waals surface area contributed by atoms with E-state index in [4.69, 9.17) is 4.74 Å². The molecule has 0 unspecified atom stereocenters. The molecule has 168 valence electrons. The second kappa shape index (κ2) is 9.95. The van der Waals surface area contributed by atoms with Crippen LogP contribution in [0.1, 0.15) is 23.9 Å². The summed E-state index contributed by atoms with van der Waals surface area (Å²) in [6, 6.07) is 17.6. The van der Waals surface area contributed by atoms with E-state index in [9.17, 15) is 14.4 Å². The van der Waals surface area contributed by atoms with Crippen molar-refractivity contribution in [1.82, 2.24) is 9.55 Å². The number of hydrogen-bond donors (Lipinski definition) is 1. The zero-order chi connectivity index (χ0) is 23.2. The molecular weight excluding hydrogens is 420 g/mol. The lowest BCUT2D eigenvalue weighted by Gasteiger charge is -2.22. The average Bonchev–Trinajstić information content (AvgIpc) is 3.28. The quantitative estimate of drug-likeness (QED) is 0.561. The highest BCUT2D eigenvalue weighted by atomic mass is 16.6. The molecular formula is C25H24N4O4. The van der Waals surface area contributed by atoms with Gasteiger partial charge in [-0.25, -0.2) is 9.78 Å². The third-order valence-electron chi connectivity index (χ3n) is 5.38. The molecule has 1 aliphatic rings. The van der Waals surface area contributed by atoms with Crippen LogP contribution < -0.4 is 15.8 Å². The lowest BCUT2D eigenvalue weighted by atomic mass is 10.2. The molecule has 1 atom stereocenters. The molecule has 0 spiro atoms. The van der Waals surface area contributed by atoms with Gasteiger partial charge in [0.05, 0.1) is 6.20 Å². The number of rotatable bonds is 7. The highest BCUT2D eigenvalue weighted by molar-refractivity contribution is 5.94. The Kier molecular flexibility index (Phi) is 6.64. The second-order valence-corrected chi connectivity index (χ2v) is 7.58. The molecule has 0 fully saturated rings. The summed E-state index contributed by atoms with van der Waals surface area (Å²) in [5.74, 6) is 0.205. The minimum Gasteiger partial charge on any atom is -0.444 e. The maximum absolute atomic E-state index is 13.4. The van der Waals surface area contributed by atoms with Crippen LogP contribution in [0.25, 0.3) is 0 Å². The summed E-state index contributed by atoms with van der Waals surface area (Å²) in [6.07, 6.45) is 3.10. The molecule has 1 N–H and O–H groups in total. The van der Waals surface area contributed by atoms with Gasteiger partial charge < -0.3 is 10.1 Å². The second-order valence-electron chi connectivity index (χ2n) is 7.58. The Bertz CT molecular complexity index is 1210. The van der Waals surface area contributed by atoms with Gasteiger partial charge in [0, 0.05) is 18.7 Å². The van der Waals surface area contributed by atoms with Gasteiger partial charge >= 0.3 is 6.09 Å². The Balaban J connectivity index is 1.58. The molecule has 1 aliphatic heterocycles. The standard InChI is InChI=1S/C25H24N4O4/c1-2-15-28(25(32)33-17-18-9-5-3-6-10-18)21-16-26-22-14-13-20(29(22)24(21)31)23(30)27-19-11-7-4-8-12-19/h2-12,16,20H,1,13-15,17H2,(H,27,30)/t20-/m0/s1. The SMILES string of the molecule is C=CCN(C(=O)OCc1ccccc1)c1cnc2n(c1=O)[C@H](C(=O)Nc1ccccc1)CC2. The summed E-state index contributed by atoms with van der Waals surface area (Å²) in [7, 11) is 0. The maximum atomic E-state index is 13.4. The summed E-state index contributed by atoms with van der Waals surface area (Å²) < 4.78 is 6.78. The Morgan fingerprint density at radius 3 is 2.55 bits per heavy atom. The van der Waals surface area contributed by atoms with E-state index in [1.165, 1.54) is 21.7 Å². The fraction of sp³-hybridized carbons (Fsp3) is 0.200. The third-order valence-corrected chi connectivity index (χ3v) is 5.38. The first-order valence-electron chi connectivity index (χ1n) is 10.6. The number of aryl methyl sites for hydroxylation is 1.